The van der Waals surface area contributed by atoms with Crippen molar-refractivity contribution in [1.29, 1.82) is 0 Å². The molecule has 0 saturated carbocycles. The largest absolute Gasteiger partial charge is 0.492 e. The van der Waals surface area contributed by atoms with Gasteiger partial charge in [0.1, 0.15) is 12.4 Å². The summed E-state index contributed by atoms with van der Waals surface area (Å²) in [6.45, 7) is 5.82. The van der Waals surface area contributed by atoms with Crippen molar-refractivity contribution in [3.05, 3.63) is 29.8 Å². The molecular weight excluding hydrogens is 342 g/mol. The fourth-order valence-corrected chi connectivity index (χ4v) is 4.95. The number of fused-ring (bicyclic) bond motifs is 1. The summed E-state index contributed by atoms with van der Waals surface area (Å²) in [5.41, 5.74) is 0.984. The number of amides is 1. The van der Waals surface area contributed by atoms with Crippen LogP contribution in [0, 0.1) is 5.41 Å². The Balaban J connectivity index is 1.41. The average Bonchev–Trinajstić information content (AvgIpc) is 2.87. The molecule has 2 atom stereocenters. The van der Waals surface area contributed by atoms with E-state index >= 15 is 0 Å². The first-order valence-corrected chi connectivity index (χ1v) is 10.1. The maximum atomic E-state index is 13.1. The maximum absolute atomic E-state index is 13.1. The van der Waals surface area contributed by atoms with Crippen LogP contribution in [0.5, 0.6) is 5.75 Å². The van der Waals surface area contributed by atoms with E-state index in [9.17, 15) is 9.90 Å². The number of para-hydroxylation sites is 1. The molecule has 2 fully saturated rings. The van der Waals surface area contributed by atoms with Gasteiger partial charge in [-0.2, -0.15) is 0 Å². The molecule has 6 nitrogen and oxygen atoms in total. The van der Waals surface area contributed by atoms with Crippen LogP contribution in [0.3, 0.4) is 0 Å². The van der Waals surface area contributed by atoms with Crippen molar-refractivity contribution in [1.82, 2.24) is 14.7 Å². The number of hydrogen-bond donors (Lipinski definition) is 1. The molecule has 1 aromatic rings. The highest BCUT2D eigenvalue weighted by atomic mass is 16.5. The lowest BCUT2D eigenvalue weighted by atomic mass is 9.71. The van der Waals surface area contributed by atoms with Gasteiger partial charge in [0.05, 0.1) is 12.6 Å². The van der Waals surface area contributed by atoms with Gasteiger partial charge in [0, 0.05) is 50.2 Å². The highest BCUT2D eigenvalue weighted by Gasteiger charge is 2.45. The molecule has 3 aliphatic heterocycles. The van der Waals surface area contributed by atoms with Gasteiger partial charge < -0.3 is 19.6 Å². The highest BCUT2D eigenvalue weighted by Crippen LogP contribution is 2.38. The number of nitrogens with zero attached hydrogens (tertiary/aromatic N) is 3. The normalized spacial score (nSPS) is 29.9. The fraction of sp³-hybridized carbons (Fsp3) is 0.667. The van der Waals surface area contributed by atoms with Crippen LogP contribution < -0.4 is 4.74 Å². The molecular formula is C21H31N3O3. The van der Waals surface area contributed by atoms with Gasteiger partial charge in [-0.15, -0.1) is 0 Å². The van der Waals surface area contributed by atoms with Crippen molar-refractivity contribution in [2.45, 2.75) is 31.9 Å². The highest BCUT2D eigenvalue weighted by molar-refractivity contribution is 5.78. The smallest absolute Gasteiger partial charge is 0.236 e. The van der Waals surface area contributed by atoms with E-state index in [1.165, 1.54) is 0 Å². The third-order valence-corrected chi connectivity index (χ3v) is 6.43. The molecule has 0 radical (unpaired) electrons. The summed E-state index contributed by atoms with van der Waals surface area (Å²) < 4.78 is 5.82. The zero-order chi connectivity index (χ0) is 18.9. The fourth-order valence-electron chi connectivity index (χ4n) is 4.95. The van der Waals surface area contributed by atoms with E-state index in [1.807, 2.05) is 23.1 Å². The number of aliphatic hydroxyl groups is 1. The minimum absolute atomic E-state index is 0.157. The third kappa shape index (κ3) is 3.98. The van der Waals surface area contributed by atoms with Crippen molar-refractivity contribution in [2.24, 2.45) is 5.41 Å². The van der Waals surface area contributed by atoms with Crippen molar-refractivity contribution in [2.75, 3.05) is 52.9 Å². The second kappa shape index (κ2) is 7.78. The molecule has 1 N–H and O–H groups in total. The topological polar surface area (TPSA) is 56.2 Å². The molecule has 148 valence electrons. The number of rotatable bonds is 2. The zero-order valence-electron chi connectivity index (χ0n) is 16.3. The molecule has 6 heteroatoms. The van der Waals surface area contributed by atoms with E-state index in [-0.39, 0.29) is 17.4 Å². The molecule has 1 aromatic carbocycles. The lowest BCUT2D eigenvalue weighted by Gasteiger charge is -2.50. The molecule has 27 heavy (non-hydrogen) atoms. The van der Waals surface area contributed by atoms with Crippen LogP contribution in [-0.2, 0) is 11.3 Å². The van der Waals surface area contributed by atoms with Crippen molar-refractivity contribution < 1.29 is 14.6 Å². The first-order valence-electron chi connectivity index (χ1n) is 10.1. The number of ether oxygens (including phenoxy) is 1. The summed E-state index contributed by atoms with van der Waals surface area (Å²) in [4.78, 5) is 19.5. The van der Waals surface area contributed by atoms with Gasteiger partial charge in [-0.1, -0.05) is 18.2 Å². The number of carbonyl (C=O) groups excluding carboxylic acids is 1. The number of carbonyl (C=O) groups is 1. The van der Waals surface area contributed by atoms with Gasteiger partial charge in [0.25, 0.3) is 0 Å². The number of piperidine rings is 2. The zero-order valence-corrected chi connectivity index (χ0v) is 16.3. The van der Waals surface area contributed by atoms with Gasteiger partial charge in [-0.3, -0.25) is 9.69 Å². The summed E-state index contributed by atoms with van der Waals surface area (Å²) in [6.07, 6.45) is 2.48. The Morgan fingerprint density at radius 3 is 3.00 bits per heavy atom. The van der Waals surface area contributed by atoms with Gasteiger partial charge in [0.2, 0.25) is 5.91 Å². The predicted octanol–water partition coefficient (Wildman–Crippen LogP) is 1.19. The average molecular weight is 373 g/mol. The lowest BCUT2D eigenvalue weighted by molar-refractivity contribution is -0.142. The van der Waals surface area contributed by atoms with Crippen molar-refractivity contribution in [3.8, 4) is 5.75 Å². The Hall–Kier alpha value is -1.63. The number of aliphatic hydroxyl groups excluding tert-OH is 1. The van der Waals surface area contributed by atoms with Crippen LogP contribution in [0.2, 0.25) is 0 Å². The summed E-state index contributed by atoms with van der Waals surface area (Å²) in [5.74, 6) is 1.10. The van der Waals surface area contributed by atoms with E-state index in [1.54, 1.807) is 0 Å². The van der Waals surface area contributed by atoms with Crippen LogP contribution in [0.25, 0.3) is 0 Å². The van der Waals surface area contributed by atoms with Crippen molar-refractivity contribution >= 4 is 5.91 Å². The van der Waals surface area contributed by atoms with Crippen molar-refractivity contribution in [3.63, 3.8) is 0 Å². The predicted molar refractivity (Wildman–Crippen MR) is 104 cm³/mol. The minimum atomic E-state index is -0.303. The molecule has 0 aliphatic carbocycles. The molecule has 1 spiro atoms. The van der Waals surface area contributed by atoms with Crippen LogP contribution in [0.1, 0.15) is 24.8 Å². The quantitative estimate of drug-likeness (QED) is 0.844. The second-order valence-electron chi connectivity index (χ2n) is 8.49. The van der Waals surface area contributed by atoms with E-state index in [0.717, 1.165) is 63.3 Å². The number of likely N-dealkylation sites (tertiary alicyclic amines) is 2. The van der Waals surface area contributed by atoms with E-state index in [4.69, 9.17) is 4.74 Å². The summed E-state index contributed by atoms with van der Waals surface area (Å²) in [6, 6.07) is 8.07. The third-order valence-electron chi connectivity index (χ3n) is 6.43. The number of hydrogen-bond acceptors (Lipinski definition) is 5. The summed E-state index contributed by atoms with van der Waals surface area (Å²) >= 11 is 0. The minimum Gasteiger partial charge on any atom is -0.492 e. The Bertz CT molecular complexity index is 682. The number of benzene rings is 1. The molecule has 0 bridgehead atoms. The molecule has 0 unspecified atom stereocenters. The second-order valence-corrected chi connectivity index (χ2v) is 8.49. The Morgan fingerprint density at radius 1 is 1.26 bits per heavy atom. The first kappa shape index (κ1) is 18.7. The Kier molecular flexibility index (Phi) is 5.39. The Morgan fingerprint density at radius 2 is 2.11 bits per heavy atom. The van der Waals surface area contributed by atoms with Gasteiger partial charge in [-0.25, -0.2) is 0 Å². The molecule has 1 amide bonds. The van der Waals surface area contributed by atoms with Crippen LogP contribution in [0.15, 0.2) is 24.3 Å². The summed E-state index contributed by atoms with van der Waals surface area (Å²) in [7, 11) is 2.11. The molecule has 3 aliphatic rings. The first-order chi connectivity index (χ1) is 13.1. The van der Waals surface area contributed by atoms with Gasteiger partial charge >= 0.3 is 0 Å². The van der Waals surface area contributed by atoms with Crippen LogP contribution in [0.4, 0.5) is 0 Å². The van der Waals surface area contributed by atoms with Crippen LogP contribution >= 0.6 is 0 Å². The van der Waals surface area contributed by atoms with Gasteiger partial charge in [-0.05, 0) is 32.4 Å². The molecule has 0 aromatic heterocycles. The monoisotopic (exact) mass is 373 g/mol. The van der Waals surface area contributed by atoms with E-state index < -0.39 is 0 Å². The summed E-state index contributed by atoms with van der Waals surface area (Å²) in [5, 5.41) is 10.7. The molecule has 2 saturated heterocycles. The van der Waals surface area contributed by atoms with Gasteiger partial charge in [0.15, 0.2) is 0 Å². The lowest BCUT2D eigenvalue weighted by Crippen LogP contribution is -2.59. The Labute approximate surface area is 161 Å². The molecule has 3 heterocycles. The molecule has 4 rings (SSSR count). The van der Waals surface area contributed by atoms with E-state index in [0.29, 0.717) is 19.7 Å². The standard InChI is InChI=1S/C21H31N3O3/c1-22-10-7-19(25)21(15-22)8-4-9-24(16-21)20(26)14-23-11-12-27-18-6-3-2-5-17(18)13-23/h2-3,5-6,19,25H,4,7-16H2,1H3/t19-,21-/m0/s1. The van der Waals surface area contributed by atoms with E-state index in [2.05, 4.69) is 22.9 Å². The maximum Gasteiger partial charge on any atom is 0.236 e. The SMILES string of the molecule is CN1CC[C@H](O)[C@@]2(CCCN(C(=O)CN3CCOc4ccccc4C3)C2)C1. The van der Waals surface area contributed by atoms with Crippen LogP contribution in [-0.4, -0.2) is 84.7 Å².